The Bertz CT molecular complexity index is 319. The summed E-state index contributed by atoms with van der Waals surface area (Å²) in [5.41, 5.74) is 0. The summed E-state index contributed by atoms with van der Waals surface area (Å²) < 4.78 is 35.2. The molecule has 0 aromatic carbocycles. The van der Waals surface area contributed by atoms with Gasteiger partial charge in [-0.3, -0.25) is 0 Å². The van der Waals surface area contributed by atoms with Gasteiger partial charge in [0, 0.05) is 0 Å². The summed E-state index contributed by atoms with van der Waals surface area (Å²) in [5.74, 6) is 0. The van der Waals surface area contributed by atoms with Crippen LogP contribution in [0.2, 0.25) is 0 Å². The number of phosphoric acid groups is 4. The van der Waals surface area contributed by atoms with E-state index in [2.05, 4.69) is 0 Å². The predicted octanol–water partition coefficient (Wildman–Crippen LogP) is -13.1. The standard InChI is InChI=1S/9H3N.3Na.4H3O4P/c;;;;;;;;;;;;4*1-5(2,3)4/h9*1H3;;;;4*(H3,1,2,3,4)/q;;;;;;;;;3*+1;;;;/p-3. The first-order chi connectivity index (χ1) is 8.00. The summed E-state index contributed by atoms with van der Waals surface area (Å²) in [5, 5.41) is 0. The van der Waals surface area contributed by atoms with Gasteiger partial charge < -0.3 is 119 Å². The third-order valence-corrected chi connectivity index (χ3v) is 0. The van der Waals surface area contributed by atoms with Crippen molar-refractivity contribution in [3.63, 3.8) is 0 Å². The Labute approximate surface area is 250 Å². The molecule has 0 aliphatic rings. The van der Waals surface area contributed by atoms with Crippen molar-refractivity contribution < 1.29 is 166 Å². The van der Waals surface area contributed by atoms with E-state index in [0.29, 0.717) is 0 Å². The molecule has 32 heteroatoms. The Morgan fingerprint density at radius 1 is 0.344 bits per heavy atom. The van der Waals surface area contributed by atoms with E-state index < -0.39 is 31.3 Å². The van der Waals surface area contributed by atoms with E-state index in [9.17, 15) is 0 Å². The summed E-state index contributed by atoms with van der Waals surface area (Å²) in [6.07, 6.45) is 0. The van der Waals surface area contributed by atoms with Crippen molar-refractivity contribution in [1.82, 2.24) is 55.4 Å². The minimum atomic E-state index is -5.39. The van der Waals surface area contributed by atoms with E-state index in [0.717, 1.165) is 0 Å². The minimum Gasteiger partial charge on any atom is -0.822 e. The van der Waals surface area contributed by atoms with E-state index in [1.165, 1.54) is 0 Å². The van der Waals surface area contributed by atoms with Crippen LogP contribution >= 0.6 is 31.3 Å². The fourth-order valence-corrected chi connectivity index (χ4v) is 0. The van der Waals surface area contributed by atoms with Gasteiger partial charge in [-0.15, -0.1) is 0 Å². The molecular formula is H36N9Na3O16P4. The average Bonchev–Trinajstić information content (AvgIpc) is 1.62. The molecule has 0 aromatic rings. The molecule has 36 N–H and O–H groups in total. The zero-order valence-electron chi connectivity index (χ0n) is 18.0. The Kier molecular flexibility index (Phi) is 178. The van der Waals surface area contributed by atoms with Crippen molar-refractivity contribution in [1.29, 1.82) is 0 Å². The minimum absolute atomic E-state index is 0. The second-order valence-electron chi connectivity index (χ2n) is 1.99. The number of hydrogen-bond acceptors (Lipinski definition) is 16. The van der Waals surface area contributed by atoms with Crippen molar-refractivity contribution in [2.45, 2.75) is 0 Å². The van der Waals surface area contributed by atoms with Crippen molar-refractivity contribution in [2.24, 2.45) is 0 Å². The van der Waals surface area contributed by atoms with Gasteiger partial charge >= 0.3 is 112 Å². The van der Waals surface area contributed by atoms with Gasteiger partial charge in [0.1, 0.15) is 0 Å². The van der Waals surface area contributed by atoms with E-state index in [-0.39, 0.29) is 144 Å². The van der Waals surface area contributed by atoms with Crippen molar-refractivity contribution >= 4 is 31.3 Å². The second-order valence-corrected chi connectivity index (χ2v) is 5.96. The van der Waals surface area contributed by atoms with Gasteiger partial charge in [0.15, 0.2) is 0 Å². The van der Waals surface area contributed by atoms with E-state index >= 15 is 0 Å². The Morgan fingerprint density at radius 3 is 0.344 bits per heavy atom. The van der Waals surface area contributed by atoms with Crippen LogP contribution in [0.5, 0.6) is 0 Å². The molecule has 0 amide bonds. The van der Waals surface area contributed by atoms with E-state index in [1.807, 2.05) is 0 Å². The molecule has 200 valence electrons. The van der Waals surface area contributed by atoms with Gasteiger partial charge in [0.2, 0.25) is 0 Å². The maximum Gasteiger partial charge on any atom is 1.00 e. The van der Waals surface area contributed by atoms with Gasteiger partial charge in [0.25, 0.3) is 0 Å². The maximum atomic E-state index is 8.88. The Balaban J connectivity index is -0.00000000677. The first-order valence-corrected chi connectivity index (χ1v) is 9.23. The fourth-order valence-electron chi connectivity index (χ4n) is 0. The van der Waals surface area contributed by atoms with Crippen LogP contribution in [0, 0.1) is 0 Å². The fraction of sp³-hybridized carbons (Fsp3) is 0. The zero-order valence-corrected chi connectivity index (χ0v) is 27.6. The van der Waals surface area contributed by atoms with Crippen LogP contribution in [0.1, 0.15) is 0 Å². The van der Waals surface area contributed by atoms with Gasteiger partial charge in [-0.2, -0.15) is 7.82 Å². The van der Waals surface area contributed by atoms with Crippen molar-refractivity contribution in [3.05, 3.63) is 0 Å². The molecule has 0 rings (SSSR count). The summed E-state index contributed by atoms with van der Waals surface area (Å²) >= 11 is 0. The molecule has 32 heavy (non-hydrogen) atoms. The molecule has 0 aliphatic carbocycles. The SMILES string of the molecule is N.N.N.N.N.N.N.N.N.O=P(O)(O)O.O=P(O)(O)O.O=P(O)(O)O.O=P([O-])([O-])[O-].[Na+].[Na+].[Na+]. The largest absolute Gasteiger partial charge is 1.00 e. The molecule has 25 nitrogen and oxygen atoms in total. The summed E-state index contributed by atoms with van der Waals surface area (Å²) in [7, 11) is -19.3. The number of rotatable bonds is 0. The van der Waals surface area contributed by atoms with E-state index in [4.69, 9.17) is 77.0 Å². The van der Waals surface area contributed by atoms with Crippen LogP contribution < -0.4 is 159 Å². The molecular weight excluding hydrogens is 575 g/mol. The molecule has 0 heterocycles. The summed E-state index contributed by atoms with van der Waals surface area (Å²) in [6.45, 7) is 0. The first-order valence-electron chi connectivity index (χ1n) is 3.08. The monoisotopic (exact) mass is 611 g/mol. The van der Waals surface area contributed by atoms with Gasteiger partial charge in [-0.1, -0.05) is 0 Å². The topological polar surface area (TPSA) is 635 Å². The van der Waals surface area contributed by atoms with Crippen LogP contribution in [0.4, 0.5) is 0 Å². The molecule has 0 spiro atoms. The van der Waals surface area contributed by atoms with Crippen LogP contribution in [-0.2, 0) is 18.3 Å². The average molecular weight is 611 g/mol. The van der Waals surface area contributed by atoms with Crippen molar-refractivity contribution in [2.75, 3.05) is 0 Å². The van der Waals surface area contributed by atoms with Gasteiger partial charge in [-0.05, 0) is 0 Å². The zero-order chi connectivity index (χ0) is 18.0. The number of hydrogen-bond donors (Lipinski definition) is 18. The van der Waals surface area contributed by atoms with Crippen LogP contribution in [0.3, 0.4) is 0 Å². The van der Waals surface area contributed by atoms with Crippen LogP contribution in [-0.4, -0.2) is 44.0 Å². The van der Waals surface area contributed by atoms with Crippen LogP contribution in [0.25, 0.3) is 0 Å². The summed E-state index contributed by atoms with van der Waals surface area (Å²) in [6, 6.07) is 0. The van der Waals surface area contributed by atoms with E-state index in [1.54, 1.807) is 0 Å². The molecule has 0 aromatic heterocycles. The quantitative estimate of drug-likeness (QED) is 0.0892. The molecule has 0 unspecified atom stereocenters. The molecule has 0 atom stereocenters. The summed E-state index contributed by atoms with van der Waals surface area (Å²) in [4.78, 5) is 90.3. The van der Waals surface area contributed by atoms with Crippen LogP contribution in [0.15, 0.2) is 0 Å². The maximum absolute atomic E-state index is 8.88. The molecule has 0 fully saturated rings. The molecule has 0 radical (unpaired) electrons. The van der Waals surface area contributed by atoms with Gasteiger partial charge in [-0.25, -0.2) is 13.7 Å². The van der Waals surface area contributed by atoms with Crippen molar-refractivity contribution in [3.8, 4) is 0 Å². The molecule has 0 saturated heterocycles. The third kappa shape index (κ3) is 3590. The Morgan fingerprint density at radius 2 is 0.344 bits per heavy atom. The molecule has 0 saturated carbocycles. The Hall–Kier alpha value is 3.08. The normalized spacial score (nSPS) is 7.38. The molecule has 0 aliphatic heterocycles. The second kappa shape index (κ2) is 50.9. The molecule has 0 bridgehead atoms. The smallest absolute Gasteiger partial charge is 0.822 e. The first kappa shape index (κ1) is 112. The third-order valence-electron chi connectivity index (χ3n) is 0. The van der Waals surface area contributed by atoms with Gasteiger partial charge in [0.05, 0.1) is 0 Å². The predicted molar refractivity (Wildman–Crippen MR) is 95.6 cm³/mol.